The van der Waals surface area contributed by atoms with Crippen molar-refractivity contribution in [2.75, 3.05) is 26.2 Å². The first-order chi connectivity index (χ1) is 10.1. The molecule has 0 bridgehead atoms. The van der Waals surface area contributed by atoms with Crippen molar-refractivity contribution >= 4 is 5.91 Å². The molecular formula is C17H35N3O. The number of hydrogen-bond acceptors (Lipinski definition) is 3. The van der Waals surface area contributed by atoms with Crippen LogP contribution in [-0.2, 0) is 4.79 Å². The van der Waals surface area contributed by atoms with E-state index in [-0.39, 0.29) is 12.2 Å². The molecule has 21 heavy (non-hydrogen) atoms. The van der Waals surface area contributed by atoms with E-state index in [1.54, 1.807) is 0 Å². The molecule has 1 heterocycles. The molecule has 0 aromatic heterocycles. The molecule has 1 fully saturated rings. The number of amides is 1. The first-order valence-corrected chi connectivity index (χ1v) is 8.87. The maximum atomic E-state index is 12.7. The van der Waals surface area contributed by atoms with Gasteiger partial charge in [-0.2, -0.15) is 0 Å². The minimum Gasteiger partial charge on any atom is -0.326 e. The lowest BCUT2D eigenvalue weighted by molar-refractivity contribution is -0.131. The summed E-state index contributed by atoms with van der Waals surface area (Å²) in [5.74, 6) is 0.743. The lowest BCUT2D eigenvalue weighted by Crippen LogP contribution is -2.39. The van der Waals surface area contributed by atoms with E-state index in [2.05, 4.69) is 49.7 Å². The monoisotopic (exact) mass is 297 g/mol. The van der Waals surface area contributed by atoms with Crippen LogP contribution in [0.25, 0.3) is 0 Å². The largest absolute Gasteiger partial charge is 0.326 e. The molecule has 3 unspecified atom stereocenters. The molecule has 4 nitrogen and oxygen atoms in total. The van der Waals surface area contributed by atoms with E-state index in [4.69, 9.17) is 0 Å². The quantitative estimate of drug-likeness (QED) is 0.673. The summed E-state index contributed by atoms with van der Waals surface area (Å²) >= 11 is 0. The molecular weight excluding hydrogens is 262 g/mol. The van der Waals surface area contributed by atoms with Gasteiger partial charge < -0.3 is 9.80 Å². The van der Waals surface area contributed by atoms with Crippen LogP contribution in [0.3, 0.4) is 0 Å². The summed E-state index contributed by atoms with van der Waals surface area (Å²) < 4.78 is 0. The van der Waals surface area contributed by atoms with Gasteiger partial charge in [0.1, 0.15) is 0 Å². The summed E-state index contributed by atoms with van der Waals surface area (Å²) in [5.41, 5.74) is 0. The van der Waals surface area contributed by atoms with Gasteiger partial charge in [-0.3, -0.25) is 10.1 Å². The Morgan fingerprint density at radius 1 is 1.24 bits per heavy atom. The SMILES string of the molecule is CCCC1NC(C(C)CC)C(=O)N1CCCN(CC)CC. The zero-order valence-electron chi connectivity index (χ0n) is 14.7. The third kappa shape index (κ3) is 4.96. The van der Waals surface area contributed by atoms with E-state index in [1.165, 1.54) is 0 Å². The van der Waals surface area contributed by atoms with Crippen LogP contribution in [0, 0.1) is 5.92 Å². The van der Waals surface area contributed by atoms with E-state index in [9.17, 15) is 4.79 Å². The molecule has 0 aliphatic carbocycles. The maximum absolute atomic E-state index is 12.7. The summed E-state index contributed by atoms with van der Waals surface area (Å²) in [6, 6.07) is 0.0278. The van der Waals surface area contributed by atoms with Gasteiger partial charge in [0.2, 0.25) is 5.91 Å². The Morgan fingerprint density at radius 2 is 1.90 bits per heavy atom. The van der Waals surface area contributed by atoms with Crippen LogP contribution >= 0.6 is 0 Å². The van der Waals surface area contributed by atoms with Crippen LogP contribution in [0.1, 0.15) is 60.3 Å². The van der Waals surface area contributed by atoms with Crippen molar-refractivity contribution in [3.05, 3.63) is 0 Å². The molecule has 0 spiro atoms. The van der Waals surface area contributed by atoms with Crippen molar-refractivity contribution in [2.24, 2.45) is 5.92 Å². The molecule has 1 aliphatic heterocycles. The predicted octanol–water partition coefficient (Wildman–Crippen LogP) is 2.69. The zero-order valence-corrected chi connectivity index (χ0v) is 14.7. The molecule has 1 saturated heterocycles. The van der Waals surface area contributed by atoms with E-state index in [0.29, 0.717) is 11.8 Å². The second kappa shape index (κ2) is 9.42. The Balaban J connectivity index is 2.57. The van der Waals surface area contributed by atoms with Gasteiger partial charge in [0.25, 0.3) is 0 Å². The molecule has 4 heteroatoms. The second-order valence-corrected chi connectivity index (χ2v) is 6.25. The number of nitrogens with one attached hydrogen (secondary N) is 1. The van der Waals surface area contributed by atoms with Crippen LogP contribution in [0.2, 0.25) is 0 Å². The van der Waals surface area contributed by atoms with Crippen molar-refractivity contribution in [3.8, 4) is 0 Å². The van der Waals surface area contributed by atoms with E-state index in [0.717, 1.165) is 51.9 Å². The molecule has 0 aromatic carbocycles. The molecule has 1 rings (SSSR count). The third-order valence-electron chi connectivity index (χ3n) is 4.84. The number of carbonyl (C=O) groups is 1. The molecule has 1 N–H and O–H groups in total. The molecule has 3 atom stereocenters. The van der Waals surface area contributed by atoms with Crippen molar-refractivity contribution < 1.29 is 4.79 Å². The number of hydrogen-bond donors (Lipinski definition) is 1. The highest BCUT2D eigenvalue weighted by Gasteiger charge is 2.39. The van der Waals surface area contributed by atoms with Crippen molar-refractivity contribution in [2.45, 2.75) is 72.5 Å². The lowest BCUT2D eigenvalue weighted by atomic mass is 9.99. The summed E-state index contributed by atoms with van der Waals surface area (Å²) in [4.78, 5) is 17.2. The maximum Gasteiger partial charge on any atom is 0.241 e. The second-order valence-electron chi connectivity index (χ2n) is 6.25. The minimum absolute atomic E-state index is 0.0278. The standard InChI is InChI=1S/C17H35N3O/c1-6-11-15-18-16(14(5)7-2)17(21)20(15)13-10-12-19(8-3)9-4/h14-16,18H,6-13H2,1-5H3. The molecule has 0 aromatic rings. The summed E-state index contributed by atoms with van der Waals surface area (Å²) in [6.07, 6.45) is 4.55. The van der Waals surface area contributed by atoms with Gasteiger partial charge in [-0.25, -0.2) is 0 Å². The average molecular weight is 297 g/mol. The van der Waals surface area contributed by atoms with E-state index >= 15 is 0 Å². The van der Waals surface area contributed by atoms with Gasteiger partial charge in [-0.05, 0) is 38.4 Å². The fourth-order valence-electron chi connectivity index (χ4n) is 3.13. The predicted molar refractivity (Wildman–Crippen MR) is 89.2 cm³/mol. The number of rotatable bonds is 10. The zero-order chi connectivity index (χ0) is 15.8. The highest BCUT2D eigenvalue weighted by molar-refractivity contribution is 5.84. The smallest absolute Gasteiger partial charge is 0.241 e. The van der Waals surface area contributed by atoms with Gasteiger partial charge in [0, 0.05) is 6.54 Å². The summed E-state index contributed by atoms with van der Waals surface area (Å²) in [6.45, 7) is 15.1. The van der Waals surface area contributed by atoms with Crippen molar-refractivity contribution in [1.82, 2.24) is 15.1 Å². The van der Waals surface area contributed by atoms with Crippen LogP contribution in [0.5, 0.6) is 0 Å². The highest BCUT2D eigenvalue weighted by atomic mass is 16.2. The Hall–Kier alpha value is -0.610. The molecule has 1 aliphatic rings. The summed E-state index contributed by atoms with van der Waals surface area (Å²) in [5, 5.41) is 3.57. The topological polar surface area (TPSA) is 35.6 Å². The molecule has 124 valence electrons. The highest BCUT2D eigenvalue weighted by Crippen LogP contribution is 2.22. The number of nitrogens with zero attached hydrogens (tertiary/aromatic N) is 2. The first kappa shape index (κ1) is 18.4. The molecule has 1 amide bonds. The van der Waals surface area contributed by atoms with Crippen LogP contribution in [0.15, 0.2) is 0 Å². The Bertz CT molecular complexity index is 304. The lowest BCUT2D eigenvalue weighted by Gasteiger charge is -2.25. The van der Waals surface area contributed by atoms with Gasteiger partial charge in [-0.15, -0.1) is 0 Å². The van der Waals surface area contributed by atoms with Gasteiger partial charge >= 0.3 is 0 Å². The van der Waals surface area contributed by atoms with E-state index in [1.807, 2.05) is 0 Å². The van der Waals surface area contributed by atoms with Crippen molar-refractivity contribution in [1.29, 1.82) is 0 Å². The average Bonchev–Trinajstić information content (AvgIpc) is 2.80. The molecule has 0 radical (unpaired) electrons. The fourth-order valence-corrected chi connectivity index (χ4v) is 3.13. The van der Waals surface area contributed by atoms with Gasteiger partial charge in [-0.1, -0.05) is 47.5 Å². The van der Waals surface area contributed by atoms with Gasteiger partial charge in [0.15, 0.2) is 0 Å². The Morgan fingerprint density at radius 3 is 2.43 bits per heavy atom. The van der Waals surface area contributed by atoms with Crippen molar-refractivity contribution in [3.63, 3.8) is 0 Å². The minimum atomic E-state index is 0.0278. The van der Waals surface area contributed by atoms with Crippen LogP contribution in [-0.4, -0.2) is 54.1 Å². The number of carbonyl (C=O) groups excluding carboxylic acids is 1. The fraction of sp³-hybridized carbons (Fsp3) is 0.941. The Kier molecular flexibility index (Phi) is 8.27. The van der Waals surface area contributed by atoms with Crippen LogP contribution < -0.4 is 5.32 Å². The van der Waals surface area contributed by atoms with Gasteiger partial charge in [0.05, 0.1) is 12.2 Å². The third-order valence-corrected chi connectivity index (χ3v) is 4.84. The van der Waals surface area contributed by atoms with Crippen LogP contribution in [0.4, 0.5) is 0 Å². The van der Waals surface area contributed by atoms with E-state index < -0.39 is 0 Å². The normalized spacial score (nSPS) is 24.1. The Labute approximate surface area is 131 Å². The molecule has 0 saturated carbocycles. The summed E-state index contributed by atoms with van der Waals surface area (Å²) in [7, 11) is 0. The first-order valence-electron chi connectivity index (χ1n) is 8.87.